The van der Waals surface area contributed by atoms with E-state index >= 15 is 0 Å². The maximum atomic E-state index is 12.7. The smallest absolute Gasteiger partial charge is 0.410 e. The van der Waals surface area contributed by atoms with Crippen molar-refractivity contribution in [1.82, 2.24) is 4.90 Å². The molecule has 0 aliphatic carbocycles. The molecule has 1 unspecified atom stereocenters. The van der Waals surface area contributed by atoms with Gasteiger partial charge in [0, 0.05) is 17.8 Å². The van der Waals surface area contributed by atoms with Crippen molar-refractivity contribution in [2.24, 2.45) is 0 Å². The number of nitrogens with zero attached hydrogens (tertiary/aromatic N) is 2. The summed E-state index contributed by atoms with van der Waals surface area (Å²) in [4.78, 5) is 37.5. The van der Waals surface area contributed by atoms with Crippen molar-refractivity contribution >= 4 is 34.3 Å². The average molecular weight is 458 g/mol. The Bertz CT molecular complexity index is 1070. The van der Waals surface area contributed by atoms with E-state index in [-0.39, 0.29) is 24.8 Å². The minimum atomic E-state index is -1.23. The Balaban J connectivity index is 1.69. The molecule has 2 N–H and O–H groups in total. The molecule has 0 spiro atoms. The molecule has 1 aliphatic heterocycles. The lowest BCUT2D eigenvalue weighted by Gasteiger charge is -2.25. The topological polar surface area (TPSA) is 129 Å². The lowest BCUT2D eigenvalue weighted by atomic mass is 9.96. The van der Waals surface area contributed by atoms with Crippen LogP contribution < -0.4 is 10.1 Å². The predicted octanol–water partition coefficient (Wildman–Crippen LogP) is 3.34. The number of aliphatic carboxylic acids is 1. The lowest BCUT2D eigenvalue weighted by molar-refractivity contribution is -0.140. The number of carbonyl (C=O) groups excluding carboxylic acids is 2. The number of carboxylic acid groups (broad SMARTS) is 1. The molecule has 2 aromatic rings. The van der Waals surface area contributed by atoms with Gasteiger partial charge in [0.05, 0.1) is 19.2 Å². The standard InChI is InChI=1S/C22H23N3O6S/c1-13(14-5-3-4-6-17(14)30-2)9-19(26)24-21-16(10-23)15-7-8-25(11-18(15)32-21)22(29)31-12-20(27)28/h3-6,13H,7-9,11-12H2,1-2H3,(H,24,26)(H,27,28). The number of thiophene rings is 1. The van der Waals surface area contributed by atoms with E-state index in [1.807, 2.05) is 31.2 Å². The Kier molecular flexibility index (Phi) is 7.33. The number of methoxy groups -OCH3 is 1. The highest BCUT2D eigenvalue weighted by Gasteiger charge is 2.28. The third kappa shape index (κ3) is 5.18. The molecule has 9 nitrogen and oxygen atoms in total. The van der Waals surface area contributed by atoms with Crippen LogP contribution in [0.1, 0.15) is 40.8 Å². The number of ether oxygens (including phenoxy) is 2. The second kappa shape index (κ2) is 10.2. The number of amides is 2. The van der Waals surface area contributed by atoms with E-state index in [1.54, 1.807) is 7.11 Å². The van der Waals surface area contributed by atoms with Crippen LogP contribution in [0.25, 0.3) is 0 Å². The van der Waals surface area contributed by atoms with Gasteiger partial charge in [0.15, 0.2) is 6.61 Å². The maximum absolute atomic E-state index is 12.7. The highest BCUT2D eigenvalue weighted by atomic mass is 32.1. The van der Waals surface area contributed by atoms with Crippen LogP contribution in [0, 0.1) is 11.3 Å². The highest BCUT2D eigenvalue weighted by Crippen LogP contribution is 2.37. The number of carbonyl (C=O) groups is 3. The Morgan fingerprint density at radius 1 is 1.34 bits per heavy atom. The molecular formula is C22H23N3O6S. The first-order valence-corrected chi connectivity index (χ1v) is 10.8. The summed E-state index contributed by atoms with van der Waals surface area (Å²) >= 11 is 1.25. The molecule has 0 radical (unpaired) electrons. The molecule has 32 heavy (non-hydrogen) atoms. The fourth-order valence-corrected chi connectivity index (χ4v) is 4.85. The van der Waals surface area contributed by atoms with Gasteiger partial charge in [-0.25, -0.2) is 9.59 Å². The molecule has 168 valence electrons. The highest BCUT2D eigenvalue weighted by molar-refractivity contribution is 7.16. The zero-order valence-corrected chi connectivity index (χ0v) is 18.5. The summed E-state index contributed by atoms with van der Waals surface area (Å²) in [5, 5.41) is 21.6. The summed E-state index contributed by atoms with van der Waals surface area (Å²) in [5.74, 6) is -0.833. The number of hydrogen-bond acceptors (Lipinski definition) is 7. The van der Waals surface area contributed by atoms with Gasteiger partial charge in [-0.2, -0.15) is 5.26 Å². The van der Waals surface area contributed by atoms with Crippen LogP contribution in [-0.2, 0) is 27.3 Å². The Labute approximate surface area is 189 Å². The molecule has 1 aromatic heterocycles. The number of benzene rings is 1. The van der Waals surface area contributed by atoms with Gasteiger partial charge < -0.3 is 24.8 Å². The van der Waals surface area contributed by atoms with Crippen molar-refractivity contribution in [3.8, 4) is 11.8 Å². The number of anilines is 1. The first kappa shape index (κ1) is 23.1. The normalized spacial score (nSPS) is 13.5. The SMILES string of the molecule is COc1ccccc1C(C)CC(=O)Nc1sc2c(c1C#N)CCN(C(=O)OCC(=O)O)C2. The number of nitriles is 1. The number of nitrogens with one attached hydrogen (secondary N) is 1. The van der Waals surface area contributed by atoms with E-state index in [1.165, 1.54) is 16.2 Å². The number of fused-ring (bicyclic) bond motifs is 1. The summed E-state index contributed by atoms with van der Waals surface area (Å²) in [6.45, 7) is 1.72. The summed E-state index contributed by atoms with van der Waals surface area (Å²) in [6.07, 6.45) is -0.0903. The van der Waals surface area contributed by atoms with Gasteiger partial charge in [0.2, 0.25) is 5.91 Å². The minimum absolute atomic E-state index is 0.0919. The van der Waals surface area contributed by atoms with Gasteiger partial charge in [-0.1, -0.05) is 25.1 Å². The second-order valence-corrected chi connectivity index (χ2v) is 8.44. The Morgan fingerprint density at radius 3 is 2.78 bits per heavy atom. The fraction of sp³-hybridized carbons (Fsp3) is 0.364. The summed E-state index contributed by atoms with van der Waals surface area (Å²) in [5.41, 5.74) is 2.13. The molecular weight excluding hydrogens is 434 g/mol. The average Bonchev–Trinajstić information content (AvgIpc) is 3.12. The van der Waals surface area contributed by atoms with Crippen molar-refractivity contribution in [1.29, 1.82) is 5.26 Å². The van der Waals surface area contributed by atoms with Crippen LogP contribution in [0.4, 0.5) is 9.80 Å². The molecule has 1 aromatic carbocycles. The monoisotopic (exact) mass is 457 g/mol. The van der Waals surface area contributed by atoms with Crippen molar-refractivity contribution in [3.63, 3.8) is 0 Å². The largest absolute Gasteiger partial charge is 0.496 e. The van der Waals surface area contributed by atoms with Gasteiger partial charge in [-0.3, -0.25) is 4.79 Å². The predicted molar refractivity (Wildman–Crippen MR) is 117 cm³/mol. The molecule has 0 saturated carbocycles. The van der Waals surface area contributed by atoms with Crippen LogP contribution in [0.15, 0.2) is 24.3 Å². The summed E-state index contributed by atoms with van der Waals surface area (Å²) in [6, 6.07) is 9.68. The quantitative estimate of drug-likeness (QED) is 0.652. The van der Waals surface area contributed by atoms with Crippen molar-refractivity contribution < 1.29 is 29.0 Å². The molecule has 1 atom stereocenters. The molecule has 2 heterocycles. The van der Waals surface area contributed by atoms with E-state index in [4.69, 9.17) is 14.6 Å². The van der Waals surface area contributed by atoms with E-state index in [0.29, 0.717) is 29.3 Å². The first-order valence-electron chi connectivity index (χ1n) is 9.94. The molecule has 10 heteroatoms. The maximum Gasteiger partial charge on any atom is 0.410 e. The van der Waals surface area contributed by atoms with Gasteiger partial charge in [-0.05, 0) is 29.5 Å². The lowest BCUT2D eigenvalue weighted by Crippen LogP contribution is -2.36. The number of rotatable bonds is 7. The van der Waals surface area contributed by atoms with E-state index in [9.17, 15) is 19.6 Å². The molecule has 0 bridgehead atoms. The van der Waals surface area contributed by atoms with Crippen molar-refractivity contribution in [2.45, 2.75) is 32.2 Å². The summed E-state index contributed by atoms with van der Waals surface area (Å²) in [7, 11) is 1.59. The van der Waals surface area contributed by atoms with Gasteiger partial charge in [-0.15, -0.1) is 11.3 Å². The number of para-hydroxylation sites is 1. The molecule has 3 rings (SSSR count). The van der Waals surface area contributed by atoms with Gasteiger partial charge in [0.1, 0.15) is 16.8 Å². The first-order chi connectivity index (χ1) is 15.3. The molecule has 2 amide bonds. The van der Waals surface area contributed by atoms with Crippen LogP contribution in [0.3, 0.4) is 0 Å². The molecule has 0 saturated heterocycles. The van der Waals surface area contributed by atoms with Gasteiger partial charge in [0.25, 0.3) is 0 Å². The Morgan fingerprint density at radius 2 is 2.09 bits per heavy atom. The molecule has 1 aliphatic rings. The van der Waals surface area contributed by atoms with Crippen LogP contribution in [0.2, 0.25) is 0 Å². The fourth-order valence-electron chi connectivity index (χ4n) is 3.62. The Hall–Kier alpha value is -3.58. The second-order valence-electron chi connectivity index (χ2n) is 7.33. The summed E-state index contributed by atoms with van der Waals surface area (Å²) < 4.78 is 10.1. The van der Waals surface area contributed by atoms with Crippen molar-refractivity contribution in [3.05, 3.63) is 45.8 Å². The molecule has 0 fully saturated rings. The van der Waals surface area contributed by atoms with E-state index in [2.05, 4.69) is 11.4 Å². The number of hydrogen-bond donors (Lipinski definition) is 2. The zero-order chi connectivity index (χ0) is 23.3. The zero-order valence-electron chi connectivity index (χ0n) is 17.7. The van der Waals surface area contributed by atoms with E-state index in [0.717, 1.165) is 16.0 Å². The van der Waals surface area contributed by atoms with Crippen LogP contribution >= 0.6 is 11.3 Å². The van der Waals surface area contributed by atoms with Crippen LogP contribution in [-0.4, -0.2) is 48.2 Å². The van der Waals surface area contributed by atoms with Crippen LogP contribution in [0.5, 0.6) is 5.75 Å². The third-order valence-electron chi connectivity index (χ3n) is 5.16. The van der Waals surface area contributed by atoms with Gasteiger partial charge >= 0.3 is 12.1 Å². The third-order valence-corrected chi connectivity index (χ3v) is 6.29. The minimum Gasteiger partial charge on any atom is -0.496 e. The number of carboxylic acids is 1. The van der Waals surface area contributed by atoms with Crippen molar-refractivity contribution in [2.75, 3.05) is 25.6 Å². The van der Waals surface area contributed by atoms with E-state index < -0.39 is 18.7 Å².